The van der Waals surface area contributed by atoms with Gasteiger partial charge in [0.25, 0.3) is 0 Å². The lowest BCUT2D eigenvalue weighted by Crippen LogP contribution is -2.42. The molecule has 0 bridgehead atoms. The highest BCUT2D eigenvalue weighted by molar-refractivity contribution is 5.50. The zero-order valence-corrected chi connectivity index (χ0v) is 10.4. The van der Waals surface area contributed by atoms with Gasteiger partial charge < -0.3 is 5.73 Å². The number of rotatable bonds is 5. The molecule has 18 heavy (non-hydrogen) atoms. The largest absolute Gasteiger partial charge is 0.379 e. The molecule has 0 aliphatic heterocycles. The van der Waals surface area contributed by atoms with E-state index in [0.29, 0.717) is 12.8 Å². The van der Waals surface area contributed by atoms with Gasteiger partial charge in [0.1, 0.15) is 0 Å². The Kier molecular flexibility index (Phi) is 4.24. The van der Waals surface area contributed by atoms with E-state index in [1.807, 2.05) is 6.92 Å². The third-order valence-corrected chi connectivity index (χ3v) is 2.52. The highest BCUT2D eigenvalue weighted by atomic mass is 16.6. The number of nitro groups is 1. The number of hydrogen-bond acceptors (Lipinski definition) is 5. The zero-order valence-electron chi connectivity index (χ0n) is 10.4. The van der Waals surface area contributed by atoms with Crippen molar-refractivity contribution in [1.29, 1.82) is 0 Å². The molecule has 0 unspecified atom stereocenters. The lowest BCUT2D eigenvalue weighted by molar-refractivity contribution is -0.386. The molecule has 1 aromatic rings. The van der Waals surface area contributed by atoms with Crippen LogP contribution >= 0.6 is 0 Å². The molecule has 0 fully saturated rings. The van der Waals surface area contributed by atoms with E-state index >= 15 is 0 Å². The molecule has 8 heteroatoms. The molecule has 100 valence electrons. The maximum Gasteiger partial charge on any atom is 0.374 e. The maximum atomic E-state index is 12.0. The molecule has 8 nitrogen and oxygen atoms in total. The highest BCUT2D eigenvalue weighted by Crippen LogP contribution is 2.13. The summed E-state index contributed by atoms with van der Waals surface area (Å²) in [6.45, 7) is 3.98. The van der Waals surface area contributed by atoms with Crippen molar-refractivity contribution in [3.8, 4) is 0 Å². The van der Waals surface area contributed by atoms with E-state index in [0.717, 1.165) is 9.13 Å². The van der Waals surface area contributed by atoms with E-state index in [4.69, 9.17) is 5.73 Å². The summed E-state index contributed by atoms with van der Waals surface area (Å²) < 4.78 is 1.94. The van der Waals surface area contributed by atoms with Gasteiger partial charge in [-0.2, -0.15) is 0 Å². The minimum atomic E-state index is -0.934. The third-order valence-electron chi connectivity index (χ3n) is 2.52. The first kappa shape index (κ1) is 13.9. The fourth-order valence-electron chi connectivity index (χ4n) is 1.73. The fourth-order valence-corrected chi connectivity index (χ4v) is 1.73. The van der Waals surface area contributed by atoms with Gasteiger partial charge in [0.05, 0.1) is 4.92 Å². The van der Waals surface area contributed by atoms with Gasteiger partial charge in [-0.25, -0.2) is 4.79 Å². The first-order valence-corrected chi connectivity index (χ1v) is 5.73. The van der Waals surface area contributed by atoms with Crippen LogP contribution in [0.5, 0.6) is 0 Å². The molecule has 0 amide bonds. The highest BCUT2D eigenvalue weighted by Gasteiger charge is 2.25. The van der Waals surface area contributed by atoms with Crippen LogP contribution in [-0.4, -0.2) is 14.1 Å². The van der Waals surface area contributed by atoms with Crippen LogP contribution in [0.1, 0.15) is 26.7 Å². The van der Waals surface area contributed by atoms with Crippen LogP contribution in [0, 0.1) is 10.1 Å². The molecule has 0 aromatic carbocycles. The van der Waals surface area contributed by atoms with Crippen LogP contribution in [0.3, 0.4) is 0 Å². The monoisotopic (exact) mass is 256 g/mol. The van der Waals surface area contributed by atoms with Crippen molar-refractivity contribution in [1.82, 2.24) is 9.13 Å². The lowest BCUT2D eigenvalue weighted by atomic mass is 10.4. The van der Waals surface area contributed by atoms with Gasteiger partial charge in [0, 0.05) is 13.1 Å². The number of aromatic nitrogens is 2. The number of nitrogen functional groups attached to an aromatic ring is 1. The Hall–Kier alpha value is -2.12. The van der Waals surface area contributed by atoms with E-state index < -0.39 is 21.9 Å². The Morgan fingerprint density at radius 3 is 2.11 bits per heavy atom. The molecule has 0 aliphatic rings. The van der Waals surface area contributed by atoms with Crippen molar-refractivity contribution in [2.24, 2.45) is 0 Å². The normalized spacial score (nSPS) is 10.6. The van der Waals surface area contributed by atoms with Crippen LogP contribution in [-0.2, 0) is 13.1 Å². The molecule has 0 saturated carbocycles. The topological polar surface area (TPSA) is 113 Å². The summed E-state index contributed by atoms with van der Waals surface area (Å²) in [6.07, 6.45) is 1.12. The molecule has 0 radical (unpaired) electrons. The molecule has 0 atom stereocenters. The van der Waals surface area contributed by atoms with Crippen molar-refractivity contribution in [3.63, 3.8) is 0 Å². The second-order valence-corrected chi connectivity index (χ2v) is 3.88. The summed E-state index contributed by atoms with van der Waals surface area (Å²) in [7, 11) is 0. The Labute approximate surface area is 103 Å². The zero-order chi connectivity index (χ0) is 13.9. The molecule has 1 aromatic heterocycles. The molecule has 0 aliphatic carbocycles. The molecule has 1 rings (SSSR count). The molecular formula is C10H16N4O4. The first-order chi connectivity index (χ1) is 8.45. The average molecular weight is 256 g/mol. The lowest BCUT2D eigenvalue weighted by Gasteiger charge is -2.11. The Balaban J connectivity index is 3.70. The molecular weight excluding hydrogens is 240 g/mol. The first-order valence-electron chi connectivity index (χ1n) is 5.73. The van der Waals surface area contributed by atoms with Gasteiger partial charge in [-0.1, -0.05) is 13.8 Å². The second-order valence-electron chi connectivity index (χ2n) is 3.88. The van der Waals surface area contributed by atoms with Crippen molar-refractivity contribution in [3.05, 3.63) is 31.0 Å². The van der Waals surface area contributed by atoms with Gasteiger partial charge in [-0.3, -0.25) is 24.0 Å². The minimum absolute atomic E-state index is 0.141. The Bertz CT molecular complexity index is 572. The van der Waals surface area contributed by atoms with E-state index in [1.165, 1.54) is 0 Å². The number of nitrogens with zero attached hydrogens (tertiary/aromatic N) is 3. The number of anilines is 1. The number of nitrogens with two attached hydrogens (primary N) is 1. The van der Waals surface area contributed by atoms with Crippen LogP contribution in [0.2, 0.25) is 0 Å². The van der Waals surface area contributed by atoms with E-state index in [-0.39, 0.29) is 18.9 Å². The third kappa shape index (κ3) is 2.27. The number of hydrogen-bond donors (Lipinski definition) is 1. The summed E-state index contributed by atoms with van der Waals surface area (Å²) in [4.78, 5) is 33.8. The van der Waals surface area contributed by atoms with E-state index in [9.17, 15) is 19.7 Å². The summed E-state index contributed by atoms with van der Waals surface area (Å²) in [6, 6.07) is 0. The van der Waals surface area contributed by atoms with Crippen LogP contribution in [0.15, 0.2) is 9.59 Å². The molecule has 0 spiro atoms. The Morgan fingerprint density at radius 2 is 1.67 bits per heavy atom. The Morgan fingerprint density at radius 1 is 1.17 bits per heavy atom. The summed E-state index contributed by atoms with van der Waals surface area (Å²) in [5.74, 6) is -0.371. The maximum absolute atomic E-state index is 12.0. The summed E-state index contributed by atoms with van der Waals surface area (Å²) in [5, 5.41) is 10.9. The second kappa shape index (κ2) is 5.48. The summed E-state index contributed by atoms with van der Waals surface area (Å²) in [5.41, 5.74) is 3.30. The van der Waals surface area contributed by atoms with E-state index in [1.54, 1.807) is 6.92 Å². The summed E-state index contributed by atoms with van der Waals surface area (Å²) >= 11 is 0. The van der Waals surface area contributed by atoms with E-state index in [2.05, 4.69) is 0 Å². The fraction of sp³-hybridized carbons (Fsp3) is 0.600. The predicted octanol–water partition coefficient (Wildman–Crippen LogP) is 0.320. The minimum Gasteiger partial charge on any atom is -0.379 e. The van der Waals surface area contributed by atoms with Gasteiger partial charge in [0.15, 0.2) is 5.82 Å². The smallest absolute Gasteiger partial charge is 0.374 e. The van der Waals surface area contributed by atoms with Crippen LogP contribution in [0.25, 0.3) is 0 Å². The molecule has 0 saturated heterocycles. The van der Waals surface area contributed by atoms with Crippen LogP contribution in [0.4, 0.5) is 11.5 Å². The quantitative estimate of drug-likeness (QED) is 0.602. The van der Waals surface area contributed by atoms with Crippen molar-refractivity contribution >= 4 is 11.5 Å². The van der Waals surface area contributed by atoms with Crippen molar-refractivity contribution in [2.45, 2.75) is 39.8 Å². The van der Waals surface area contributed by atoms with Gasteiger partial charge in [0.2, 0.25) is 0 Å². The molecule has 1 heterocycles. The SMILES string of the molecule is CCCn1c(N)c([N+](=O)[O-])c(=O)n(CCC)c1=O. The van der Waals surface area contributed by atoms with Crippen molar-refractivity contribution in [2.75, 3.05) is 5.73 Å². The standard InChI is InChI=1S/C10H16N4O4/c1-3-5-12-8(11)7(14(17)18)9(15)13(6-4-2)10(12)16/h3-6,11H2,1-2H3. The van der Waals surface area contributed by atoms with Crippen molar-refractivity contribution < 1.29 is 4.92 Å². The molecule has 2 N–H and O–H groups in total. The van der Waals surface area contributed by atoms with Gasteiger partial charge >= 0.3 is 16.9 Å². The predicted molar refractivity (Wildman–Crippen MR) is 66.6 cm³/mol. The van der Waals surface area contributed by atoms with Gasteiger partial charge in [-0.15, -0.1) is 0 Å². The average Bonchev–Trinajstić information content (AvgIpc) is 2.30. The van der Waals surface area contributed by atoms with Gasteiger partial charge in [-0.05, 0) is 12.8 Å². The van der Waals surface area contributed by atoms with Crippen LogP contribution < -0.4 is 17.0 Å².